The summed E-state index contributed by atoms with van der Waals surface area (Å²) in [5.41, 5.74) is 1.40. The van der Waals surface area contributed by atoms with Gasteiger partial charge >= 0.3 is 5.69 Å². The van der Waals surface area contributed by atoms with E-state index in [2.05, 4.69) is 15.3 Å². The predicted octanol–water partition coefficient (Wildman–Crippen LogP) is 2.85. The van der Waals surface area contributed by atoms with E-state index in [0.29, 0.717) is 5.69 Å². The van der Waals surface area contributed by atoms with Crippen LogP contribution in [0.25, 0.3) is 0 Å². The molecule has 0 amide bonds. The third kappa shape index (κ3) is 3.12. The minimum Gasteiger partial charge on any atom is -0.378 e. The first-order chi connectivity index (χ1) is 9.47. The van der Waals surface area contributed by atoms with Gasteiger partial charge in [-0.25, -0.2) is 4.98 Å². The van der Waals surface area contributed by atoms with Crippen molar-refractivity contribution in [2.24, 2.45) is 0 Å². The molecule has 0 aliphatic heterocycles. The summed E-state index contributed by atoms with van der Waals surface area (Å²) in [6, 6.07) is 7.39. The standard InChI is InChI=1S/C12H12ClN5O2/c1-17(2)9-5-3-4-8(6-9)15-11-10(18(19)20)7-14-12(13)16-11/h3-7H,1-2H3,(H,14,15,16). The SMILES string of the molecule is CN(C)c1cccc(Nc2nc(Cl)ncc2[N+](=O)[O-])c1. The third-order valence-corrected chi connectivity index (χ3v) is 2.74. The van der Waals surface area contributed by atoms with Gasteiger partial charge in [0.15, 0.2) is 0 Å². The van der Waals surface area contributed by atoms with Crippen LogP contribution in [0.4, 0.5) is 22.9 Å². The lowest BCUT2D eigenvalue weighted by Crippen LogP contribution is -2.08. The van der Waals surface area contributed by atoms with Gasteiger partial charge in [0.05, 0.1) is 4.92 Å². The summed E-state index contributed by atoms with van der Waals surface area (Å²) in [7, 11) is 3.81. The fourth-order valence-electron chi connectivity index (χ4n) is 1.58. The molecule has 0 saturated carbocycles. The number of benzene rings is 1. The molecular formula is C12H12ClN5O2. The molecule has 1 aromatic carbocycles. The average Bonchev–Trinajstić information content (AvgIpc) is 2.38. The highest BCUT2D eigenvalue weighted by Gasteiger charge is 2.17. The number of rotatable bonds is 4. The fourth-order valence-corrected chi connectivity index (χ4v) is 1.71. The number of nitrogens with zero attached hydrogens (tertiary/aromatic N) is 4. The Hall–Kier alpha value is -2.41. The van der Waals surface area contributed by atoms with Gasteiger partial charge in [-0.3, -0.25) is 10.1 Å². The fraction of sp³-hybridized carbons (Fsp3) is 0.167. The summed E-state index contributed by atoms with van der Waals surface area (Å²) in [6.45, 7) is 0. The maximum Gasteiger partial charge on any atom is 0.329 e. The minimum atomic E-state index is -0.561. The number of aromatic nitrogens is 2. The Labute approximate surface area is 120 Å². The number of nitro groups is 1. The van der Waals surface area contributed by atoms with Crippen molar-refractivity contribution < 1.29 is 4.92 Å². The van der Waals surface area contributed by atoms with E-state index in [1.807, 2.05) is 37.2 Å². The van der Waals surface area contributed by atoms with Crippen molar-refractivity contribution in [2.45, 2.75) is 0 Å². The van der Waals surface area contributed by atoms with E-state index < -0.39 is 4.92 Å². The van der Waals surface area contributed by atoms with Gasteiger partial charge in [0, 0.05) is 25.5 Å². The van der Waals surface area contributed by atoms with Crippen LogP contribution in [0.1, 0.15) is 0 Å². The van der Waals surface area contributed by atoms with Crippen LogP contribution in [-0.2, 0) is 0 Å². The molecule has 1 aromatic heterocycles. The zero-order chi connectivity index (χ0) is 14.7. The van der Waals surface area contributed by atoms with E-state index >= 15 is 0 Å². The normalized spacial score (nSPS) is 10.2. The molecule has 7 nitrogen and oxygen atoms in total. The van der Waals surface area contributed by atoms with Crippen molar-refractivity contribution in [2.75, 3.05) is 24.3 Å². The van der Waals surface area contributed by atoms with Crippen LogP contribution >= 0.6 is 11.6 Å². The molecule has 1 N–H and O–H groups in total. The van der Waals surface area contributed by atoms with Crippen LogP contribution in [0, 0.1) is 10.1 Å². The molecule has 2 rings (SSSR count). The van der Waals surface area contributed by atoms with Crippen molar-refractivity contribution in [1.82, 2.24) is 9.97 Å². The van der Waals surface area contributed by atoms with E-state index in [0.717, 1.165) is 11.9 Å². The van der Waals surface area contributed by atoms with Gasteiger partial charge in [-0.1, -0.05) is 6.07 Å². The number of hydrogen-bond acceptors (Lipinski definition) is 6. The van der Waals surface area contributed by atoms with Crippen LogP contribution in [0.15, 0.2) is 30.5 Å². The van der Waals surface area contributed by atoms with E-state index in [1.54, 1.807) is 6.07 Å². The lowest BCUT2D eigenvalue weighted by atomic mass is 10.2. The number of halogens is 1. The maximum atomic E-state index is 10.9. The van der Waals surface area contributed by atoms with Crippen molar-refractivity contribution >= 4 is 34.5 Å². The van der Waals surface area contributed by atoms with Gasteiger partial charge in [-0.05, 0) is 29.8 Å². The molecule has 0 aliphatic rings. The quantitative estimate of drug-likeness (QED) is 0.530. The van der Waals surface area contributed by atoms with E-state index in [9.17, 15) is 10.1 Å². The Balaban J connectivity index is 2.36. The van der Waals surface area contributed by atoms with Gasteiger partial charge in [0.25, 0.3) is 0 Å². The zero-order valence-electron chi connectivity index (χ0n) is 10.9. The van der Waals surface area contributed by atoms with Crippen LogP contribution in [0.3, 0.4) is 0 Å². The van der Waals surface area contributed by atoms with E-state index in [1.165, 1.54) is 0 Å². The molecule has 0 bridgehead atoms. The topological polar surface area (TPSA) is 84.2 Å². The Bertz CT molecular complexity index is 647. The van der Waals surface area contributed by atoms with Crippen molar-refractivity contribution in [3.8, 4) is 0 Å². The van der Waals surface area contributed by atoms with Crippen molar-refractivity contribution in [3.05, 3.63) is 45.9 Å². The second-order valence-corrected chi connectivity index (χ2v) is 4.54. The highest BCUT2D eigenvalue weighted by atomic mass is 35.5. The molecule has 2 aromatic rings. The average molecular weight is 294 g/mol. The Morgan fingerprint density at radius 3 is 2.80 bits per heavy atom. The smallest absolute Gasteiger partial charge is 0.329 e. The van der Waals surface area contributed by atoms with Crippen LogP contribution in [0.5, 0.6) is 0 Å². The van der Waals surface area contributed by atoms with Gasteiger partial charge in [-0.2, -0.15) is 4.98 Å². The summed E-state index contributed by atoms with van der Waals surface area (Å²) in [5, 5.41) is 13.8. The molecule has 0 unspecified atom stereocenters. The molecule has 8 heteroatoms. The highest BCUT2D eigenvalue weighted by Crippen LogP contribution is 2.27. The molecule has 104 valence electrons. The summed E-state index contributed by atoms with van der Waals surface area (Å²) >= 11 is 5.68. The van der Waals surface area contributed by atoms with Gasteiger partial charge in [-0.15, -0.1) is 0 Å². The lowest BCUT2D eigenvalue weighted by molar-refractivity contribution is -0.384. The van der Waals surface area contributed by atoms with Gasteiger partial charge in [0.2, 0.25) is 11.1 Å². The first-order valence-corrected chi connectivity index (χ1v) is 6.06. The van der Waals surface area contributed by atoms with E-state index in [-0.39, 0.29) is 16.8 Å². The van der Waals surface area contributed by atoms with E-state index in [4.69, 9.17) is 11.6 Å². The molecular weight excluding hydrogens is 282 g/mol. The lowest BCUT2D eigenvalue weighted by Gasteiger charge is -2.14. The molecule has 20 heavy (non-hydrogen) atoms. The monoisotopic (exact) mass is 293 g/mol. The van der Waals surface area contributed by atoms with Crippen molar-refractivity contribution in [3.63, 3.8) is 0 Å². The Morgan fingerprint density at radius 2 is 2.15 bits per heavy atom. The van der Waals surface area contributed by atoms with Gasteiger partial charge in [0.1, 0.15) is 6.20 Å². The second kappa shape index (κ2) is 5.70. The third-order valence-electron chi connectivity index (χ3n) is 2.56. The summed E-state index contributed by atoms with van der Waals surface area (Å²) < 4.78 is 0. The van der Waals surface area contributed by atoms with Crippen LogP contribution in [-0.4, -0.2) is 29.0 Å². The molecule has 0 saturated heterocycles. The molecule has 1 heterocycles. The largest absolute Gasteiger partial charge is 0.378 e. The number of hydrogen-bond donors (Lipinski definition) is 1. The first kappa shape index (κ1) is 14.0. The van der Waals surface area contributed by atoms with Crippen LogP contribution < -0.4 is 10.2 Å². The predicted molar refractivity (Wildman–Crippen MR) is 77.7 cm³/mol. The summed E-state index contributed by atoms with van der Waals surface area (Å²) in [6.07, 6.45) is 1.08. The molecule has 0 spiro atoms. The molecule has 0 atom stereocenters. The van der Waals surface area contributed by atoms with Gasteiger partial charge < -0.3 is 10.2 Å². The first-order valence-electron chi connectivity index (χ1n) is 5.68. The maximum absolute atomic E-state index is 10.9. The van der Waals surface area contributed by atoms with Crippen LogP contribution in [0.2, 0.25) is 5.28 Å². The Morgan fingerprint density at radius 1 is 1.40 bits per heavy atom. The molecule has 0 fully saturated rings. The number of anilines is 3. The highest BCUT2D eigenvalue weighted by molar-refractivity contribution is 6.28. The number of nitrogens with one attached hydrogen (secondary N) is 1. The zero-order valence-corrected chi connectivity index (χ0v) is 11.6. The summed E-state index contributed by atoms with van der Waals surface area (Å²) in [5.74, 6) is 0.0610. The molecule has 0 radical (unpaired) electrons. The minimum absolute atomic E-state index is 0.0538. The summed E-state index contributed by atoms with van der Waals surface area (Å²) in [4.78, 5) is 19.8. The van der Waals surface area contributed by atoms with Crippen molar-refractivity contribution in [1.29, 1.82) is 0 Å². The second-order valence-electron chi connectivity index (χ2n) is 4.20. The molecule has 0 aliphatic carbocycles. The Kier molecular flexibility index (Phi) is 3.99.